The second kappa shape index (κ2) is 7.34. The highest BCUT2D eigenvalue weighted by molar-refractivity contribution is 7.15. The number of aromatic nitrogens is 5. The van der Waals surface area contributed by atoms with Gasteiger partial charge in [-0.25, -0.2) is 19.6 Å². The second-order valence-electron chi connectivity index (χ2n) is 6.93. The molecule has 7 nitrogen and oxygen atoms in total. The molecule has 0 aliphatic carbocycles. The van der Waals surface area contributed by atoms with E-state index in [1.807, 2.05) is 24.3 Å². The maximum atomic E-state index is 12.9. The molecule has 3 aromatic heterocycles. The van der Waals surface area contributed by atoms with E-state index < -0.39 is 12.7 Å². The lowest BCUT2D eigenvalue weighted by molar-refractivity contribution is -0.142. The summed E-state index contributed by atoms with van der Waals surface area (Å²) in [6.07, 6.45) is -1.01. The molecule has 0 saturated heterocycles. The van der Waals surface area contributed by atoms with E-state index in [9.17, 15) is 13.2 Å². The van der Waals surface area contributed by atoms with Gasteiger partial charge in [0, 0.05) is 28.6 Å². The van der Waals surface area contributed by atoms with E-state index in [0.717, 1.165) is 32.6 Å². The van der Waals surface area contributed by atoms with E-state index in [4.69, 9.17) is 10.5 Å². The molecule has 4 heterocycles. The number of alkyl halides is 3. The zero-order chi connectivity index (χ0) is 21.6. The summed E-state index contributed by atoms with van der Waals surface area (Å²) >= 11 is 1.31. The van der Waals surface area contributed by atoms with Crippen molar-refractivity contribution in [2.75, 3.05) is 12.3 Å². The number of benzene rings is 1. The predicted molar refractivity (Wildman–Crippen MR) is 109 cm³/mol. The Balaban J connectivity index is 1.54. The molecule has 1 aliphatic heterocycles. The normalized spacial score (nSPS) is 13.3. The lowest BCUT2D eigenvalue weighted by Gasteiger charge is -2.10. The molecule has 0 fully saturated rings. The van der Waals surface area contributed by atoms with Gasteiger partial charge in [-0.3, -0.25) is 0 Å². The standard InChI is InChI=1S/C20H15F3N6OS/c21-20(22,23)9-29-18(26-10-27-29)19-28-17-13-3-1-11(12-2-4-16(24)25-8-12)7-14(13)30-6-5-15(17)31-19/h1-4,7-8,10H,5-6,9H2,(H2,24,25). The third-order valence-corrected chi connectivity index (χ3v) is 5.89. The number of ether oxygens (including phenoxy) is 1. The third-order valence-electron chi connectivity index (χ3n) is 4.78. The molecule has 0 radical (unpaired) electrons. The number of halogens is 3. The summed E-state index contributed by atoms with van der Waals surface area (Å²) in [7, 11) is 0. The summed E-state index contributed by atoms with van der Waals surface area (Å²) < 4.78 is 45.3. The van der Waals surface area contributed by atoms with Crippen molar-refractivity contribution in [3.63, 3.8) is 0 Å². The highest BCUT2D eigenvalue weighted by Crippen LogP contribution is 2.41. The fourth-order valence-corrected chi connectivity index (χ4v) is 4.45. The fourth-order valence-electron chi connectivity index (χ4n) is 3.39. The van der Waals surface area contributed by atoms with Crippen molar-refractivity contribution in [3.8, 4) is 39.0 Å². The summed E-state index contributed by atoms with van der Waals surface area (Å²) in [6.45, 7) is -0.786. The van der Waals surface area contributed by atoms with Crippen LogP contribution in [0.5, 0.6) is 5.75 Å². The van der Waals surface area contributed by atoms with Crippen molar-refractivity contribution < 1.29 is 17.9 Å². The summed E-state index contributed by atoms with van der Waals surface area (Å²) in [4.78, 5) is 13.7. The first-order chi connectivity index (χ1) is 14.9. The Morgan fingerprint density at radius 3 is 2.74 bits per heavy atom. The Hall–Kier alpha value is -3.47. The number of rotatable bonds is 3. The zero-order valence-electron chi connectivity index (χ0n) is 15.9. The number of nitrogen functional groups attached to an aromatic ring is 1. The average Bonchev–Trinajstić information content (AvgIpc) is 3.30. The van der Waals surface area contributed by atoms with Gasteiger partial charge in [-0.15, -0.1) is 11.3 Å². The lowest BCUT2D eigenvalue weighted by Crippen LogP contribution is -2.19. The van der Waals surface area contributed by atoms with Crippen LogP contribution in [-0.2, 0) is 13.0 Å². The van der Waals surface area contributed by atoms with Crippen molar-refractivity contribution in [3.05, 3.63) is 47.7 Å². The number of anilines is 1. The van der Waals surface area contributed by atoms with Gasteiger partial charge in [-0.1, -0.05) is 6.07 Å². The maximum Gasteiger partial charge on any atom is 0.408 e. The Bertz CT molecular complexity index is 1250. The minimum absolute atomic E-state index is 0.0995. The van der Waals surface area contributed by atoms with Crippen LogP contribution in [-0.4, -0.2) is 37.5 Å². The minimum Gasteiger partial charge on any atom is -0.492 e. The SMILES string of the molecule is Nc1ccc(-c2ccc3c(c2)OCCc2sc(-c4ncnn4CC(F)(F)F)nc2-3)cn1. The van der Waals surface area contributed by atoms with Gasteiger partial charge in [0.1, 0.15) is 24.4 Å². The van der Waals surface area contributed by atoms with Gasteiger partial charge in [0.2, 0.25) is 0 Å². The smallest absolute Gasteiger partial charge is 0.408 e. The van der Waals surface area contributed by atoms with Crippen molar-refractivity contribution >= 4 is 17.2 Å². The molecule has 0 amide bonds. The summed E-state index contributed by atoms with van der Waals surface area (Å²) in [5.41, 5.74) is 8.94. The van der Waals surface area contributed by atoms with E-state index in [1.165, 1.54) is 11.3 Å². The molecule has 0 spiro atoms. The van der Waals surface area contributed by atoms with Crippen molar-refractivity contribution in [1.29, 1.82) is 0 Å². The van der Waals surface area contributed by atoms with E-state index in [-0.39, 0.29) is 5.82 Å². The van der Waals surface area contributed by atoms with Crippen LogP contribution in [0.15, 0.2) is 42.9 Å². The van der Waals surface area contributed by atoms with Crippen LogP contribution < -0.4 is 10.5 Å². The molecule has 2 N–H and O–H groups in total. The van der Waals surface area contributed by atoms with Gasteiger partial charge in [0.05, 0.1) is 12.3 Å². The monoisotopic (exact) mass is 444 g/mol. The first kappa shape index (κ1) is 19.5. The Morgan fingerprint density at radius 1 is 1.13 bits per heavy atom. The summed E-state index contributed by atoms with van der Waals surface area (Å²) in [5, 5.41) is 4.11. The summed E-state index contributed by atoms with van der Waals surface area (Å²) in [6, 6.07) is 9.33. The molecule has 158 valence electrons. The van der Waals surface area contributed by atoms with Crippen molar-refractivity contribution in [1.82, 2.24) is 24.7 Å². The lowest BCUT2D eigenvalue weighted by atomic mass is 10.0. The molecule has 5 rings (SSSR count). The molecule has 0 saturated carbocycles. The second-order valence-corrected chi connectivity index (χ2v) is 8.01. The highest BCUT2D eigenvalue weighted by Gasteiger charge is 2.31. The average molecular weight is 444 g/mol. The molecule has 1 aromatic carbocycles. The number of hydrogen-bond donors (Lipinski definition) is 1. The van der Waals surface area contributed by atoms with E-state index in [2.05, 4.69) is 20.1 Å². The molecule has 4 aromatic rings. The molecular weight excluding hydrogens is 429 g/mol. The topological polar surface area (TPSA) is 91.7 Å². The number of pyridine rings is 1. The molecule has 0 unspecified atom stereocenters. The van der Waals surface area contributed by atoms with Crippen LogP contribution in [0, 0.1) is 0 Å². The molecule has 11 heteroatoms. The third kappa shape index (κ3) is 3.83. The molecule has 1 aliphatic rings. The van der Waals surface area contributed by atoms with Gasteiger partial charge in [0.25, 0.3) is 0 Å². The molecule has 31 heavy (non-hydrogen) atoms. The first-order valence-corrected chi connectivity index (χ1v) is 10.1. The fraction of sp³-hybridized carbons (Fsp3) is 0.200. The molecule has 0 bridgehead atoms. The maximum absolute atomic E-state index is 12.9. The molecule has 0 atom stereocenters. The van der Waals surface area contributed by atoms with Crippen LogP contribution in [0.4, 0.5) is 19.0 Å². The van der Waals surface area contributed by atoms with E-state index in [1.54, 1.807) is 12.3 Å². The van der Waals surface area contributed by atoms with Gasteiger partial charge in [-0.2, -0.15) is 18.3 Å². The van der Waals surface area contributed by atoms with Crippen LogP contribution in [0.1, 0.15) is 4.88 Å². The van der Waals surface area contributed by atoms with Crippen LogP contribution in [0.2, 0.25) is 0 Å². The largest absolute Gasteiger partial charge is 0.492 e. The quantitative estimate of drug-likeness (QED) is 0.509. The van der Waals surface area contributed by atoms with Crippen LogP contribution >= 0.6 is 11.3 Å². The number of nitrogens with zero attached hydrogens (tertiary/aromatic N) is 5. The van der Waals surface area contributed by atoms with Crippen molar-refractivity contribution in [2.45, 2.75) is 19.1 Å². The van der Waals surface area contributed by atoms with Gasteiger partial charge in [-0.05, 0) is 29.8 Å². The van der Waals surface area contributed by atoms with Crippen LogP contribution in [0.25, 0.3) is 33.2 Å². The number of nitrogens with two attached hydrogens (primary N) is 1. The number of thiazole rings is 1. The van der Waals surface area contributed by atoms with Gasteiger partial charge >= 0.3 is 6.18 Å². The first-order valence-electron chi connectivity index (χ1n) is 9.31. The van der Waals surface area contributed by atoms with Gasteiger partial charge < -0.3 is 10.5 Å². The Labute approximate surface area is 178 Å². The summed E-state index contributed by atoms with van der Waals surface area (Å²) in [5.74, 6) is 1.19. The van der Waals surface area contributed by atoms with Gasteiger partial charge in [0.15, 0.2) is 10.8 Å². The number of fused-ring (bicyclic) bond motifs is 3. The number of hydrogen-bond acceptors (Lipinski definition) is 7. The Kier molecular flexibility index (Phi) is 4.62. The zero-order valence-corrected chi connectivity index (χ0v) is 16.7. The Morgan fingerprint density at radius 2 is 1.97 bits per heavy atom. The predicted octanol–water partition coefficient (Wildman–Crippen LogP) is 4.21. The highest BCUT2D eigenvalue weighted by atomic mass is 32.1. The minimum atomic E-state index is -4.40. The molecular formula is C20H15F3N6OS. The van der Waals surface area contributed by atoms with E-state index >= 15 is 0 Å². The van der Waals surface area contributed by atoms with E-state index in [0.29, 0.717) is 35.3 Å². The van der Waals surface area contributed by atoms with Crippen LogP contribution in [0.3, 0.4) is 0 Å². The van der Waals surface area contributed by atoms with Crippen molar-refractivity contribution in [2.24, 2.45) is 0 Å².